The normalized spacial score (nSPS) is 36.5. The van der Waals surface area contributed by atoms with E-state index in [1.807, 2.05) is 0 Å². The Morgan fingerprint density at radius 2 is 1.71 bits per heavy atom. The Bertz CT molecular complexity index is 1230. The van der Waals surface area contributed by atoms with Crippen LogP contribution in [0.1, 0.15) is 124 Å². The Morgan fingerprint density at radius 1 is 1.00 bits per heavy atom. The molecule has 296 valence electrons. The second-order valence-electron chi connectivity index (χ2n) is 15.4. The van der Waals surface area contributed by atoms with E-state index in [-0.39, 0.29) is 56.0 Å². The monoisotopic (exact) mass is 738 g/mol. The fraction of sp³-hybridized carbons (Fsp3) is 0.821. The summed E-state index contributed by atoms with van der Waals surface area (Å²) in [6, 6.07) is 0. The summed E-state index contributed by atoms with van der Waals surface area (Å²) in [5.41, 5.74) is -1.05. The van der Waals surface area contributed by atoms with E-state index in [0.29, 0.717) is 25.9 Å². The van der Waals surface area contributed by atoms with E-state index < -0.39 is 65.9 Å². The number of ether oxygens (including phenoxy) is 7. The number of cyclic esters (lactones) is 1. The molecule has 13 nitrogen and oxygen atoms in total. The van der Waals surface area contributed by atoms with Gasteiger partial charge in [-0.25, -0.2) is 4.79 Å². The minimum absolute atomic E-state index is 0.00818. The summed E-state index contributed by atoms with van der Waals surface area (Å²) in [6.45, 7) is 7.45. The molecule has 0 aromatic carbocycles. The van der Waals surface area contributed by atoms with Crippen molar-refractivity contribution in [2.45, 2.75) is 185 Å². The molecule has 0 spiro atoms. The maximum absolute atomic E-state index is 13.3. The van der Waals surface area contributed by atoms with Crippen LogP contribution in [0.2, 0.25) is 0 Å². The number of carbonyl (C=O) groups is 3. The molecule has 0 radical (unpaired) electrons. The van der Waals surface area contributed by atoms with Gasteiger partial charge in [0, 0.05) is 30.8 Å². The molecule has 0 saturated carbocycles. The molecule has 0 aromatic heterocycles. The van der Waals surface area contributed by atoms with Crippen LogP contribution in [0.15, 0.2) is 23.8 Å². The highest BCUT2D eigenvalue weighted by Gasteiger charge is 2.57. The summed E-state index contributed by atoms with van der Waals surface area (Å²) in [4.78, 5) is 39.1. The molecule has 0 amide bonds. The summed E-state index contributed by atoms with van der Waals surface area (Å²) < 4.78 is 41.7. The lowest BCUT2D eigenvalue weighted by Crippen LogP contribution is -2.62. The number of aliphatic hydroxyl groups excluding tert-OH is 2. The molecular formula is C39H62O13. The Balaban J connectivity index is 1.70. The van der Waals surface area contributed by atoms with Gasteiger partial charge in [-0.3, -0.25) is 9.59 Å². The molecule has 3 fully saturated rings. The van der Waals surface area contributed by atoms with Gasteiger partial charge in [0.25, 0.3) is 0 Å². The predicted molar refractivity (Wildman–Crippen MR) is 188 cm³/mol. The second-order valence-corrected chi connectivity index (χ2v) is 15.4. The first-order valence-electron chi connectivity index (χ1n) is 19.3. The molecule has 13 heteroatoms. The van der Waals surface area contributed by atoms with Gasteiger partial charge in [0.1, 0.15) is 6.10 Å². The van der Waals surface area contributed by atoms with Gasteiger partial charge in [0.15, 0.2) is 12.4 Å². The highest BCUT2D eigenvalue weighted by molar-refractivity contribution is 5.83. The van der Waals surface area contributed by atoms with Gasteiger partial charge in [-0.1, -0.05) is 52.5 Å². The quantitative estimate of drug-likeness (QED) is 0.0976. The molecular weight excluding hydrogens is 676 g/mol. The standard InChI is InChI=1S/C39H62O13/c1-6-7-8-9-10-14-33(42)51-37-26(20-34(43)46-5)19-31-24-32(25(2)40)50-35(44)22-27(41)21-28-12-11-13-29(48-28)23-30-16-18-47-36(49-30)15-17-38(3,4)39(37,45)52-31/h15,17,20,25,27-32,36-37,40-41,45H,6-14,16,18-19,21-24H2,1-5H3/b17-15-,26-20+/t25-,27+,28+,29-,30+,31?,32-,36+,37+,39-/m1/s1. The van der Waals surface area contributed by atoms with Crippen LogP contribution in [0.3, 0.4) is 0 Å². The lowest BCUT2D eigenvalue weighted by atomic mass is 9.74. The van der Waals surface area contributed by atoms with Crippen LogP contribution in [0.25, 0.3) is 0 Å². The minimum atomic E-state index is -2.26. The number of carbonyl (C=O) groups excluding carboxylic acids is 3. The summed E-state index contributed by atoms with van der Waals surface area (Å²) in [5, 5.41) is 34.3. The van der Waals surface area contributed by atoms with Crippen LogP contribution in [0, 0.1) is 5.41 Å². The molecule has 1 unspecified atom stereocenters. The fourth-order valence-corrected chi connectivity index (χ4v) is 7.51. The van der Waals surface area contributed by atoms with E-state index in [4.69, 9.17) is 33.2 Å². The number of rotatable bonds is 9. The first kappa shape index (κ1) is 42.4. The van der Waals surface area contributed by atoms with Gasteiger partial charge >= 0.3 is 17.9 Å². The fourth-order valence-electron chi connectivity index (χ4n) is 7.51. The molecule has 3 saturated heterocycles. The van der Waals surface area contributed by atoms with E-state index >= 15 is 0 Å². The Morgan fingerprint density at radius 3 is 2.42 bits per heavy atom. The third-order valence-corrected chi connectivity index (χ3v) is 10.6. The third kappa shape index (κ3) is 12.1. The first-order valence-corrected chi connectivity index (χ1v) is 19.3. The van der Waals surface area contributed by atoms with Crippen molar-refractivity contribution in [3.05, 3.63) is 23.8 Å². The Kier molecular flexibility index (Phi) is 16.1. The molecule has 4 heterocycles. The van der Waals surface area contributed by atoms with Crippen molar-refractivity contribution in [2.24, 2.45) is 5.41 Å². The zero-order valence-electron chi connectivity index (χ0n) is 31.7. The SMILES string of the molecule is CCCCCCCC(=O)O[C@H]1/C(=C/C(=O)OC)CC2C[C@H]([C@@H](C)O)OC(=O)C[C@@H](O)C[C@@H]3CCC[C@H](C[C@@H]4CCO[C@H](/C=C\C(C)(C)[C@]1(O)O2)O4)O3. The number of methoxy groups -OCH3 is 1. The summed E-state index contributed by atoms with van der Waals surface area (Å²) in [6.07, 6.45) is 6.24. The molecule has 4 aliphatic heterocycles. The average molecular weight is 739 g/mol. The summed E-state index contributed by atoms with van der Waals surface area (Å²) in [5.74, 6) is -4.23. The molecule has 52 heavy (non-hydrogen) atoms. The maximum atomic E-state index is 13.3. The van der Waals surface area contributed by atoms with Crippen LogP contribution in [0.4, 0.5) is 0 Å². The van der Waals surface area contributed by atoms with Crippen molar-refractivity contribution in [2.75, 3.05) is 13.7 Å². The van der Waals surface area contributed by atoms with E-state index in [1.165, 1.54) is 20.1 Å². The van der Waals surface area contributed by atoms with Crippen molar-refractivity contribution in [1.82, 2.24) is 0 Å². The molecule has 0 aromatic rings. The van der Waals surface area contributed by atoms with Gasteiger partial charge in [-0.2, -0.15) is 0 Å². The minimum Gasteiger partial charge on any atom is -0.466 e. The first-order chi connectivity index (χ1) is 24.7. The van der Waals surface area contributed by atoms with Gasteiger partial charge in [-0.05, 0) is 63.5 Å². The Hall–Kier alpha value is -2.39. The second kappa shape index (κ2) is 19.8. The van der Waals surface area contributed by atoms with Gasteiger partial charge in [0.05, 0.1) is 56.8 Å². The maximum Gasteiger partial charge on any atom is 0.330 e. The zero-order valence-corrected chi connectivity index (χ0v) is 31.7. The lowest BCUT2D eigenvalue weighted by Gasteiger charge is -2.51. The number of hydrogen-bond donors (Lipinski definition) is 3. The van der Waals surface area contributed by atoms with Crippen LogP contribution in [-0.2, 0) is 47.5 Å². The van der Waals surface area contributed by atoms with Crippen LogP contribution < -0.4 is 0 Å². The smallest absolute Gasteiger partial charge is 0.330 e. The van der Waals surface area contributed by atoms with Gasteiger partial charge in [-0.15, -0.1) is 0 Å². The molecule has 4 rings (SSSR count). The highest BCUT2D eigenvalue weighted by Crippen LogP contribution is 2.47. The molecule has 6 bridgehead atoms. The van der Waals surface area contributed by atoms with Crippen molar-refractivity contribution in [3.63, 3.8) is 0 Å². The molecule has 4 aliphatic rings. The number of esters is 3. The number of aliphatic hydroxyl groups is 3. The highest BCUT2D eigenvalue weighted by atomic mass is 16.7. The van der Waals surface area contributed by atoms with Gasteiger partial charge < -0.3 is 48.5 Å². The summed E-state index contributed by atoms with van der Waals surface area (Å²) in [7, 11) is 1.22. The van der Waals surface area contributed by atoms with Crippen LogP contribution in [0.5, 0.6) is 0 Å². The van der Waals surface area contributed by atoms with E-state index in [1.54, 1.807) is 26.0 Å². The largest absolute Gasteiger partial charge is 0.466 e. The number of unbranched alkanes of at least 4 members (excludes halogenated alkanes) is 4. The number of fused-ring (bicyclic) bond motifs is 6. The predicted octanol–water partition coefficient (Wildman–Crippen LogP) is 4.71. The van der Waals surface area contributed by atoms with Crippen LogP contribution >= 0.6 is 0 Å². The van der Waals surface area contributed by atoms with Crippen LogP contribution in [-0.4, -0.2) is 108 Å². The van der Waals surface area contributed by atoms with E-state index in [9.17, 15) is 29.7 Å². The van der Waals surface area contributed by atoms with Gasteiger partial charge in [0.2, 0.25) is 5.79 Å². The Labute approximate surface area is 308 Å². The molecule has 0 aliphatic carbocycles. The third-order valence-electron chi connectivity index (χ3n) is 10.6. The number of hydrogen-bond acceptors (Lipinski definition) is 13. The average Bonchev–Trinajstić information content (AvgIpc) is 3.08. The van der Waals surface area contributed by atoms with E-state index in [2.05, 4.69) is 6.92 Å². The molecule has 10 atom stereocenters. The topological polar surface area (TPSA) is 177 Å². The van der Waals surface area contributed by atoms with Crippen molar-refractivity contribution < 1.29 is 62.9 Å². The zero-order chi connectivity index (χ0) is 37.9. The summed E-state index contributed by atoms with van der Waals surface area (Å²) >= 11 is 0. The molecule has 3 N–H and O–H groups in total. The van der Waals surface area contributed by atoms with Crippen molar-refractivity contribution >= 4 is 17.9 Å². The van der Waals surface area contributed by atoms with E-state index in [0.717, 1.165) is 44.9 Å². The van der Waals surface area contributed by atoms with Crippen molar-refractivity contribution in [1.29, 1.82) is 0 Å². The lowest BCUT2D eigenvalue weighted by molar-refractivity contribution is -0.327. The van der Waals surface area contributed by atoms with Crippen molar-refractivity contribution in [3.8, 4) is 0 Å².